The summed E-state index contributed by atoms with van der Waals surface area (Å²) in [5.74, 6) is 0. The second-order valence-corrected chi connectivity index (χ2v) is 11.0. The average Bonchev–Trinajstić information content (AvgIpc) is 2.97. The lowest BCUT2D eigenvalue weighted by molar-refractivity contribution is 0.114. The summed E-state index contributed by atoms with van der Waals surface area (Å²) in [5, 5.41) is 0. The summed E-state index contributed by atoms with van der Waals surface area (Å²) in [5.41, 5.74) is 2.20. The Morgan fingerprint density at radius 3 is 2.43 bits per heavy atom. The number of rotatable bonds is 8. The molecular weight excluding hydrogens is 600 g/mol. The molecule has 150 valence electrons. The van der Waals surface area contributed by atoms with Gasteiger partial charge in [-0.2, -0.15) is 0 Å². The van der Waals surface area contributed by atoms with E-state index >= 15 is 0 Å². The average molecular weight is 623 g/mol. The van der Waals surface area contributed by atoms with Crippen LogP contribution in [-0.4, -0.2) is 25.4 Å². The number of hydrogen-bond acceptors (Lipinski definition) is 3. The van der Waals surface area contributed by atoms with Crippen LogP contribution in [0.5, 0.6) is 0 Å². The molecule has 0 fully saturated rings. The van der Waals surface area contributed by atoms with Crippen LogP contribution in [-0.2, 0) is 21.4 Å². The lowest BCUT2D eigenvalue weighted by Gasteiger charge is -2.27. The van der Waals surface area contributed by atoms with Crippen molar-refractivity contribution in [2.75, 3.05) is 6.61 Å². The van der Waals surface area contributed by atoms with E-state index in [0.29, 0.717) is 18.1 Å². The van der Waals surface area contributed by atoms with Gasteiger partial charge in [-0.05, 0) is 82.6 Å². The Hall–Kier alpha value is -0.650. The monoisotopic (exact) mass is 623 g/mol. The lowest BCUT2D eigenvalue weighted by Crippen LogP contribution is -2.34. The molecule has 2 aromatic carbocycles. The third-order valence-corrected chi connectivity index (χ3v) is 10.0. The van der Waals surface area contributed by atoms with Gasteiger partial charge in [0.1, 0.15) is 0 Å². The lowest BCUT2D eigenvalue weighted by atomic mass is 10.1. The maximum atomic E-state index is 13.2. The molecule has 0 aromatic heterocycles. The number of nitrogens with zero attached hydrogens (tertiary/aromatic N) is 1. The molecular formula is C21H23I2NO3S. The fourth-order valence-corrected chi connectivity index (χ4v) is 7.11. The van der Waals surface area contributed by atoms with Gasteiger partial charge in [0, 0.05) is 16.6 Å². The third-order valence-electron chi connectivity index (χ3n) is 4.68. The third kappa shape index (κ3) is 5.28. The van der Waals surface area contributed by atoms with E-state index in [1.54, 1.807) is 16.4 Å². The zero-order valence-corrected chi connectivity index (χ0v) is 20.8. The van der Waals surface area contributed by atoms with Crippen molar-refractivity contribution in [3.8, 4) is 0 Å². The van der Waals surface area contributed by atoms with E-state index < -0.39 is 10.0 Å². The fourth-order valence-electron chi connectivity index (χ4n) is 3.18. The van der Waals surface area contributed by atoms with Gasteiger partial charge in [-0.3, -0.25) is 4.31 Å². The molecule has 1 aliphatic heterocycles. The Morgan fingerprint density at radius 1 is 1.07 bits per heavy atom. The summed E-state index contributed by atoms with van der Waals surface area (Å²) in [6.07, 6.45) is 2.37. The van der Waals surface area contributed by atoms with Gasteiger partial charge in [0.05, 0.1) is 21.2 Å². The van der Waals surface area contributed by atoms with Crippen LogP contribution in [0.3, 0.4) is 0 Å². The maximum absolute atomic E-state index is 13.2. The van der Waals surface area contributed by atoms with E-state index in [4.69, 9.17) is 4.74 Å². The Bertz CT molecular complexity index is 928. The highest BCUT2D eigenvalue weighted by Crippen LogP contribution is 2.42. The molecule has 0 N–H and O–H groups in total. The molecule has 0 radical (unpaired) electrons. The number of halogens is 2. The Kier molecular flexibility index (Phi) is 7.80. The van der Waals surface area contributed by atoms with Crippen molar-refractivity contribution in [1.29, 1.82) is 0 Å². The zero-order valence-electron chi connectivity index (χ0n) is 15.6. The number of ether oxygens (including phenoxy) is 1. The van der Waals surface area contributed by atoms with E-state index in [9.17, 15) is 8.42 Å². The van der Waals surface area contributed by atoms with E-state index in [1.165, 1.54) is 0 Å². The summed E-state index contributed by atoms with van der Waals surface area (Å²) in [6, 6.07) is 17.1. The van der Waals surface area contributed by atoms with E-state index in [-0.39, 0.29) is 6.04 Å². The molecule has 1 aliphatic rings. The SMILES string of the molecule is Cc1ccc(S(=O)(=O)N2C(I)=C(I)CC2CCCOCc2ccccc2)cc1. The van der Waals surface area contributed by atoms with Crippen molar-refractivity contribution in [2.24, 2.45) is 0 Å². The minimum Gasteiger partial charge on any atom is -0.377 e. The number of aryl methyl sites for hydroxylation is 1. The second kappa shape index (κ2) is 9.90. The van der Waals surface area contributed by atoms with Crippen molar-refractivity contribution in [2.45, 2.75) is 43.7 Å². The molecule has 0 spiro atoms. The maximum Gasteiger partial charge on any atom is 0.264 e. The standard InChI is InChI=1S/C21H23I2NO3S/c1-16-9-11-19(12-10-16)28(25,26)24-18(14-20(22)21(24)23)8-5-13-27-15-17-6-3-2-4-7-17/h2-4,6-7,9-12,18H,5,8,13-15H2,1H3. The highest BCUT2D eigenvalue weighted by atomic mass is 127. The van der Waals surface area contributed by atoms with Gasteiger partial charge in [-0.15, -0.1) is 0 Å². The molecule has 0 aliphatic carbocycles. The normalized spacial score (nSPS) is 17.4. The summed E-state index contributed by atoms with van der Waals surface area (Å²) in [6.45, 7) is 3.16. The quantitative estimate of drug-likeness (QED) is 0.213. The predicted octanol–water partition coefficient (Wildman–Crippen LogP) is 5.79. The van der Waals surface area contributed by atoms with Gasteiger partial charge in [-0.25, -0.2) is 8.42 Å². The number of sulfonamides is 1. The van der Waals surface area contributed by atoms with Crippen LogP contribution in [0, 0.1) is 6.92 Å². The fraction of sp³-hybridized carbons (Fsp3) is 0.333. The smallest absolute Gasteiger partial charge is 0.264 e. The minimum absolute atomic E-state index is 0.0505. The first-order valence-electron chi connectivity index (χ1n) is 9.16. The summed E-state index contributed by atoms with van der Waals surface area (Å²) >= 11 is 4.42. The highest BCUT2D eigenvalue weighted by Gasteiger charge is 2.38. The Morgan fingerprint density at radius 2 is 1.75 bits per heavy atom. The summed E-state index contributed by atoms with van der Waals surface area (Å²) in [7, 11) is -3.55. The summed E-state index contributed by atoms with van der Waals surface area (Å²) < 4.78 is 35.8. The Labute approximate surface area is 194 Å². The van der Waals surface area contributed by atoms with Gasteiger partial charge in [0.25, 0.3) is 10.0 Å². The second-order valence-electron chi connectivity index (χ2n) is 6.85. The minimum atomic E-state index is -3.55. The van der Waals surface area contributed by atoms with Crippen molar-refractivity contribution in [3.05, 3.63) is 73.0 Å². The first-order valence-corrected chi connectivity index (χ1v) is 12.8. The predicted molar refractivity (Wildman–Crippen MR) is 129 cm³/mol. The molecule has 0 saturated carbocycles. The molecule has 3 rings (SSSR count). The first-order chi connectivity index (χ1) is 13.4. The summed E-state index contributed by atoms with van der Waals surface area (Å²) in [4.78, 5) is 0.351. The molecule has 2 aromatic rings. The van der Waals surface area contributed by atoms with Crippen LogP contribution in [0.25, 0.3) is 0 Å². The van der Waals surface area contributed by atoms with Crippen LogP contribution >= 0.6 is 45.2 Å². The number of hydrogen-bond donors (Lipinski definition) is 0. The van der Waals surface area contributed by atoms with Gasteiger partial charge < -0.3 is 4.74 Å². The molecule has 1 atom stereocenters. The molecule has 4 nitrogen and oxygen atoms in total. The highest BCUT2D eigenvalue weighted by molar-refractivity contribution is 14.1. The first kappa shape index (κ1) is 22.0. The Balaban J connectivity index is 1.61. The number of benzene rings is 2. The molecule has 1 unspecified atom stereocenters. The van der Waals surface area contributed by atoms with Crippen molar-refractivity contribution >= 4 is 55.2 Å². The van der Waals surface area contributed by atoms with E-state index in [2.05, 4.69) is 45.2 Å². The molecule has 28 heavy (non-hydrogen) atoms. The molecule has 0 saturated heterocycles. The van der Waals surface area contributed by atoms with Crippen molar-refractivity contribution in [3.63, 3.8) is 0 Å². The van der Waals surface area contributed by atoms with Crippen LogP contribution in [0.4, 0.5) is 0 Å². The van der Waals surface area contributed by atoms with Gasteiger partial charge in [0.15, 0.2) is 0 Å². The van der Waals surface area contributed by atoms with E-state index in [0.717, 1.165) is 37.7 Å². The molecule has 0 bridgehead atoms. The van der Waals surface area contributed by atoms with Crippen LogP contribution < -0.4 is 0 Å². The largest absolute Gasteiger partial charge is 0.377 e. The van der Waals surface area contributed by atoms with Gasteiger partial charge >= 0.3 is 0 Å². The van der Waals surface area contributed by atoms with Crippen LogP contribution in [0.2, 0.25) is 0 Å². The van der Waals surface area contributed by atoms with E-state index in [1.807, 2.05) is 49.4 Å². The molecule has 7 heteroatoms. The zero-order chi connectivity index (χ0) is 20.1. The van der Waals surface area contributed by atoms with Crippen molar-refractivity contribution in [1.82, 2.24) is 4.31 Å². The van der Waals surface area contributed by atoms with Crippen LogP contribution in [0.15, 0.2) is 66.8 Å². The topological polar surface area (TPSA) is 46.6 Å². The van der Waals surface area contributed by atoms with Gasteiger partial charge in [-0.1, -0.05) is 48.0 Å². The molecule has 1 heterocycles. The molecule has 0 amide bonds. The van der Waals surface area contributed by atoms with Gasteiger partial charge in [0.2, 0.25) is 0 Å². The van der Waals surface area contributed by atoms with Crippen molar-refractivity contribution < 1.29 is 13.2 Å². The van der Waals surface area contributed by atoms with Crippen LogP contribution in [0.1, 0.15) is 30.4 Å².